The Morgan fingerprint density at radius 1 is 0.800 bits per heavy atom. The van der Waals surface area contributed by atoms with Gasteiger partial charge in [0.15, 0.2) is 0 Å². The molecule has 2 aliphatic carbocycles. The lowest BCUT2D eigenvalue weighted by molar-refractivity contribution is 0.0645. The van der Waals surface area contributed by atoms with E-state index < -0.39 is 0 Å². The van der Waals surface area contributed by atoms with Gasteiger partial charge < -0.3 is 9.84 Å². The van der Waals surface area contributed by atoms with Gasteiger partial charge in [-0.3, -0.25) is 0 Å². The van der Waals surface area contributed by atoms with Crippen molar-refractivity contribution in [1.82, 2.24) is 0 Å². The smallest absolute Gasteiger partial charge is 0.123 e. The molecule has 0 bridgehead atoms. The van der Waals surface area contributed by atoms with Crippen LogP contribution in [0, 0.1) is 17.8 Å². The number of aryl methyl sites for hydroxylation is 1. The Hall–Kier alpha value is -2.48. The molecule has 5 rings (SSSR count). The second-order valence-corrected chi connectivity index (χ2v) is 11.2. The number of hydrogen-bond acceptors (Lipinski definition) is 2. The number of aromatic hydroxyl groups is 1. The summed E-state index contributed by atoms with van der Waals surface area (Å²) in [5.74, 6) is 1.13. The van der Waals surface area contributed by atoms with Gasteiger partial charge in [-0.1, -0.05) is 51.5 Å². The van der Waals surface area contributed by atoms with Crippen LogP contribution in [0.3, 0.4) is 0 Å². The largest absolute Gasteiger partial charge is 0.507 e. The fourth-order valence-corrected chi connectivity index (χ4v) is 7.09. The van der Waals surface area contributed by atoms with Crippen LogP contribution in [0.15, 0.2) is 42.5 Å². The zero-order chi connectivity index (χ0) is 21.5. The van der Waals surface area contributed by atoms with E-state index in [1.807, 2.05) is 12.1 Å². The van der Waals surface area contributed by atoms with Crippen molar-refractivity contribution < 1.29 is 9.84 Å². The maximum Gasteiger partial charge on any atom is 0.123 e. The van der Waals surface area contributed by atoms with Gasteiger partial charge in [0.1, 0.15) is 11.5 Å². The standard InChI is InChI=1S/C28H32O2/c1-17-7-9-20-22(11-17)28(15-26(2,3)14-27(4,5)16-28)23-13-24(29)21-12-18(30-6)8-10-19(21)25(20)23/h7-13,29H,14-16H2,1-6H3. The highest BCUT2D eigenvalue weighted by Crippen LogP contribution is 2.64. The van der Waals surface area contributed by atoms with Crippen molar-refractivity contribution in [1.29, 1.82) is 0 Å². The first-order chi connectivity index (χ1) is 14.1. The molecule has 0 unspecified atom stereocenters. The number of rotatable bonds is 1. The Morgan fingerprint density at radius 3 is 2.17 bits per heavy atom. The first-order valence-electron chi connectivity index (χ1n) is 11.0. The second kappa shape index (κ2) is 6.03. The second-order valence-electron chi connectivity index (χ2n) is 11.2. The first kappa shape index (κ1) is 19.5. The molecule has 1 fully saturated rings. The normalized spacial score (nSPS) is 20.2. The van der Waals surface area contributed by atoms with Crippen LogP contribution in [0.1, 0.15) is 63.6 Å². The fourth-order valence-electron chi connectivity index (χ4n) is 7.09. The molecule has 0 aliphatic heterocycles. The minimum Gasteiger partial charge on any atom is -0.507 e. The van der Waals surface area contributed by atoms with Gasteiger partial charge in [-0.2, -0.15) is 0 Å². The SMILES string of the molecule is COc1ccc2c3c(cc(O)c2c1)C1(CC(C)(C)CC(C)(C)C1)c1cc(C)ccc1-3. The van der Waals surface area contributed by atoms with E-state index in [2.05, 4.69) is 65.0 Å². The van der Waals surface area contributed by atoms with E-state index in [9.17, 15) is 5.11 Å². The van der Waals surface area contributed by atoms with Crippen LogP contribution in [0.4, 0.5) is 0 Å². The predicted molar refractivity (Wildman–Crippen MR) is 125 cm³/mol. The highest BCUT2D eigenvalue weighted by atomic mass is 16.5. The van der Waals surface area contributed by atoms with Gasteiger partial charge in [0, 0.05) is 10.8 Å². The summed E-state index contributed by atoms with van der Waals surface area (Å²) in [6, 6.07) is 15.1. The highest BCUT2D eigenvalue weighted by Gasteiger charge is 2.53. The minimum absolute atomic E-state index is 0.0620. The van der Waals surface area contributed by atoms with Gasteiger partial charge in [-0.05, 0) is 88.9 Å². The molecule has 30 heavy (non-hydrogen) atoms. The fraction of sp³-hybridized carbons (Fsp3) is 0.429. The maximum absolute atomic E-state index is 11.1. The van der Waals surface area contributed by atoms with E-state index in [1.54, 1.807) is 7.11 Å². The number of methoxy groups -OCH3 is 1. The third kappa shape index (κ3) is 2.69. The summed E-state index contributed by atoms with van der Waals surface area (Å²) in [4.78, 5) is 0. The number of hydrogen-bond donors (Lipinski definition) is 1. The molecule has 1 spiro atoms. The molecular weight excluding hydrogens is 368 g/mol. The molecule has 0 aromatic heterocycles. The topological polar surface area (TPSA) is 29.5 Å². The third-order valence-corrected chi connectivity index (χ3v) is 7.32. The maximum atomic E-state index is 11.1. The number of fused-ring (bicyclic) bond motifs is 7. The van der Waals surface area contributed by atoms with Crippen molar-refractivity contribution in [3.05, 3.63) is 59.2 Å². The average molecular weight is 401 g/mol. The Bertz CT molecular complexity index is 1170. The zero-order valence-corrected chi connectivity index (χ0v) is 19.0. The summed E-state index contributed by atoms with van der Waals surface area (Å²) in [5, 5.41) is 13.1. The lowest BCUT2D eigenvalue weighted by Crippen LogP contribution is -2.43. The van der Waals surface area contributed by atoms with Gasteiger partial charge in [0.25, 0.3) is 0 Å². The molecule has 0 radical (unpaired) electrons. The molecule has 3 aromatic rings. The number of ether oxygens (including phenoxy) is 1. The van der Waals surface area contributed by atoms with Gasteiger partial charge in [0.05, 0.1) is 7.11 Å². The van der Waals surface area contributed by atoms with Crippen LogP contribution in [0.5, 0.6) is 11.5 Å². The predicted octanol–water partition coefficient (Wildman–Crippen LogP) is 7.37. The molecule has 2 aliphatic rings. The van der Waals surface area contributed by atoms with Crippen molar-refractivity contribution in [3.8, 4) is 22.6 Å². The van der Waals surface area contributed by atoms with Crippen LogP contribution in [-0.4, -0.2) is 12.2 Å². The van der Waals surface area contributed by atoms with Crippen LogP contribution in [0.25, 0.3) is 21.9 Å². The molecule has 1 N–H and O–H groups in total. The van der Waals surface area contributed by atoms with Gasteiger partial charge in [-0.25, -0.2) is 0 Å². The van der Waals surface area contributed by atoms with Crippen molar-refractivity contribution in [3.63, 3.8) is 0 Å². The Kier molecular flexibility index (Phi) is 3.92. The van der Waals surface area contributed by atoms with Crippen LogP contribution >= 0.6 is 0 Å². The lowest BCUT2D eigenvalue weighted by Gasteiger charge is -2.51. The summed E-state index contributed by atoms with van der Waals surface area (Å²) < 4.78 is 5.44. The molecule has 1 saturated carbocycles. The van der Waals surface area contributed by atoms with Gasteiger partial charge in [-0.15, -0.1) is 0 Å². The highest BCUT2D eigenvalue weighted by molar-refractivity contribution is 6.05. The number of phenols is 1. The van der Waals surface area contributed by atoms with E-state index in [4.69, 9.17) is 4.74 Å². The molecule has 3 aromatic carbocycles. The van der Waals surface area contributed by atoms with E-state index in [0.29, 0.717) is 5.75 Å². The quantitative estimate of drug-likeness (QED) is 0.462. The molecule has 0 saturated heterocycles. The summed E-state index contributed by atoms with van der Waals surface area (Å²) in [5.41, 5.74) is 7.09. The van der Waals surface area contributed by atoms with Crippen LogP contribution < -0.4 is 4.74 Å². The lowest BCUT2D eigenvalue weighted by atomic mass is 9.52. The van der Waals surface area contributed by atoms with Crippen LogP contribution in [0.2, 0.25) is 0 Å². The third-order valence-electron chi connectivity index (χ3n) is 7.32. The van der Waals surface area contributed by atoms with Crippen molar-refractivity contribution in [2.75, 3.05) is 7.11 Å². The minimum atomic E-state index is -0.0620. The summed E-state index contributed by atoms with van der Waals surface area (Å²) in [7, 11) is 1.67. The zero-order valence-electron chi connectivity index (χ0n) is 19.0. The van der Waals surface area contributed by atoms with E-state index in [0.717, 1.165) is 29.4 Å². The Balaban J connectivity index is 1.90. The summed E-state index contributed by atoms with van der Waals surface area (Å²) in [6.45, 7) is 11.8. The van der Waals surface area contributed by atoms with E-state index in [1.165, 1.54) is 34.2 Å². The number of phenolic OH excluding ortho intramolecular Hbond substituents is 1. The molecule has 0 amide bonds. The van der Waals surface area contributed by atoms with Gasteiger partial charge >= 0.3 is 0 Å². The summed E-state index contributed by atoms with van der Waals surface area (Å²) >= 11 is 0. The Morgan fingerprint density at radius 2 is 1.50 bits per heavy atom. The molecular formula is C28H32O2. The van der Waals surface area contributed by atoms with Crippen molar-refractivity contribution >= 4 is 10.8 Å². The van der Waals surface area contributed by atoms with E-state index in [-0.39, 0.29) is 16.2 Å². The van der Waals surface area contributed by atoms with E-state index >= 15 is 0 Å². The first-order valence-corrected chi connectivity index (χ1v) is 11.0. The average Bonchev–Trinajstić information content (AvgIpc) is 2.88. The molecule has 2 heteroatoms. The molecule has 0 atom stereocenters. The number of benzene rings is 3. The summed E-state index contributed by atoms with van der Waals surface area (Å²) in [6.07, 6.45) is 3.43. The molecule has 0 heterocycles. The monoisotopic (exact) mass is 400 g/mol. The van der Waals surface area contributed by atoms with Crippen LogP contribution in [-0.2, 0) is 5.41 Å². The van der Waals surface area contributed by atoms with Gasteiger partial charge in [0.2, 0.25) is 0 Å². The van der Waals surface area contributed by atoms with Crippen molar-refractivity contribution in [2.45, 2.75) is 59.3 Å². The molecule has 2 nitrogen and oxygen atoms in total. The Labute approximate surface area is 179 Å². The van der Waals surface area contributed by atoms with Crippen molar-refractivity contribution in [2.24, 2.45) is 10.8 Å². The molecule has 156 valence electrons.